The maximum absolute atomic E-state index is 13.4. The van der Waals surface area contributed by atoms with Crippen LogP contribution in [0.3, 0.4) is 0 Å². The molecule has 2 unspecified atom stereocenters. The number of aliphatic hydroxyl groups is 1. The maximum Gasteiger partial charge on any atom is 0.254 e. The summed E-state index contributed by atoms with van der Waals surface area (Å²) in [5, 5.41) is 9.22. The van der Waals surface area contributed by atoms with Crippen LogP contribution in [0.1, 0.15) is 30.1 Å². The summed E-state index contributed by atoms with van der Waals surface area (Å²) in [6.07, 6.45) is 1.77. The smallest absolute Gasteiger partial charge is 0.254 e. The summed E-state index contributed by atoms with van der Waals surface area (Å²) in [6.45, 7) is 2.56. The lowest BCUT2D eigenvalue weighted by atomic mass is 9.93. The number of hydrogen-bond donors (Lipinski definition) is 1. The molecule has 19 heavy (non-hydrogen) atoms. The van der Waals surface area contributed by atoms with Crippen LogP contribution in [0, 0.1) is 11.7 Å². The van der Waals surface area contributed by atoms with Crippen LogP contribution in [0.25, 0.3) is 0 Å². The zero-order chi connectivity index (χ0) is 14.0. The number of rotatable bonds is 2. The number of amides is 1. The molecule has 0 aliphatic carbocycles. The van der Waals surface area contributed by atoms with Crippen molar-refractivity contribution >= 4 is 17.5 Å². The van der Waals surface area contributed by atoms with Crippen LogP contribution in [-0.2, 0) is 0 Å². The molecular weight excluding hydrogens is 269 g/mol. The Morgan fingerprint density at radius 3 is 2.89 bits per heavy atom. The Kier molecular flexibility index (Phi) is 4.42. The first-order valence-electron chi connectivity index (χ1n) is 6.39. The standard InChI is InChI=1S/C14H17ClFNO2/c1-9-2-3-10(8-18)7-17(9)14(19)11-4-5-12(15)13(16)6-11/h4-6,9-10,18H,2-3,7-8H2,1H3. The molecule has 0 spiro atoms. The van der Waals surface area contributed by atoms with Crippen molar-refractivity contribution in [3.63, 3.8) is 0 Å². The fourth-order valence-electron chi connectivity index (χ4n) is 2.41. The van der Waals surface area contributed by atoms with Gasteiger partial charge in [0.2, 0.25) is 0 Å². The van der Waals surface area contributed by atoms with E-state index in [2.05, 4.69) is 0 Å². The van der Waals surface area contributed by atoms with E-state index in [1.54, 1.807) is 4.90 Å². The number of benzene rings is 1. The van der Waals surface area contributed by atoms with Crippen LogP contribution in [0.2, 0.25) is 5.02 Å². The van der Waals surface area contributed by atoms with E-state index in [0.717, 1.165) is 12.8 Å². The first kappa shape index (κ1) is 14.3. The molecule has 2 atom stereocenters. The Morgan fingerprint density at radius 2 is 2.26 bits per heavy atom. The Hall–Kier alpha value is -1.13. The van der Waals surface area contributed by atoms with Gasteiger partial charge in [0.25, 0.3) is 5.91 Å². The van der Waals surface area contributed by atoms with Crippen molar-refractivity contribution in [2.75, 3.05) is 13.2 Å². The van der Waals surface area contributed by atoms with Crippen molar-refractivity contribution in [2.24, 2.45) is 5.92 Å². The molecule has 1 aliphatic rings. The number of carbonyl (C=O) groups is 1. The molecule has 1 saturated heterocycles. The summed E-state index contributed by atoms with van der Waals surface area (Å²) in [5.74, 6) is -0.686. The van der Waals surface area contributed by atoms with Crippen LogP contribution in [0.5, 0.6) is 0 Å². The fraction of sp³-hybridized carbons (Fsp3) is 0.500. The van der Waals surface area contributed by atoms with Gasteiger partial charge in [0.1, 0.15) is 5.82 Å². The highest BCUT2D eigenvalue weighted by molar-refractivity contribution is 6.30. The molecule has 1 aromatic carbocycles. The monoisotopic (exact) mass is 285 g/mol. The van der Waals surface area contributed by atoms with Crippen molar-refractivity contribution in [1.82, 2.24) is 4.90 Å². The minimum absolute atomic E-state index is 0.0106. The zero-order valence-corrected chi connectivity index (χ0v) is 11.5. The van der Waals surface area contributed by atoms with Gasteiger partial charge in [-0.1, -0.05) is 11.6 Å². The Bertz CT molecular complexity index is 481. The highest BCUT2D eigenvalue weighted by Crippen LogP contribution is 2.24. The van der Waals surface area contributed by atoms with Gasteiger partial charge in [-0.3, -0.25) is 4.79 Å². The lowest BCUT2D eigenvalue weighted by Gasteiger charge is -2.37. The molecule has 1 heterocycles. The average molecular weight is 286 g/mol. The van der Waals surface area contributed by atoms with E-state index < -0.39 is 5.82 Å². The minimum Gasteiger partial charge on any atom is -0.396 e. The summed E-state index contributed by atoms with van der Waals surface area (Å²) < 4.78 is 13.4. The SMILES string of the molecule is CC1CCC(CO)CN1C(=O)c1ccc(Cl)c(F)c1. The van der Waals surface area contributed by atoms with E-state index in [-0.39, 0.29) is 29.5 Å². The van der Waals surface area contributed by atoms with Crippen molar-refractivity contribution in [3.8, 4) is 0 Å². The number of aliphatic hydroxyl groups excluding tert-OH is 1. The second-order valence-electron chi connectivity index (χ2n) is 5.06. The summed E-state index contributed by atoms with van der Waals surface area (Å²) in [6, 6.07) is 4.19. The second kappa shape index (κ2) is 5.88. The molecule has 0 bridgehead atoms. The van der Waals surface area contributed by atoms with E-state index in [1.165, 1.54) is 18.2 Å². The number of nitrogens with zero attached hydrogens (tertiary/aromatic N) is 1. The van der Waals surface area contributed by atoms with Crippen molar-refractivity contribution in [3.05, 3.63) is 34.6 Å². The van der Waals surface area contributed by atoms with Gasteiger partial charge in [0.15, 0.2) is 0 Å². The van der Waals surface area contributed by atoms with Gasteiger partial charge in [0, 0.05) is 24.8 Å². The van der Waals surface area contributed by atoms with Crippen LogP contribution in [0.4, 0.5) is 4.39 Å². The number of piperidine rings is 1. The number of likely N-dealkylation sites (tertiary alicyclic amines) is 1. The largest absolute Gasteiger partial charge is 0.396 e. The van der Waals surface area contributed by atoms with Gasteiger partial charge < -0.3 is 10.0 Å². The third-order valence-electron chi connectivity index (χ3n) is 3.67. The van der Waals surface area contributed by atoms with E-state index in [1.807, 2.05) is 6.92 Å². The summed E-state index contributed by atoms with van der Waals surface area (Å²) in [4.78, 5) is 14.1. The van der Waals surface area contributed by atoms with E-state index in [9.17, 15) is 14.3 Å². The molecule has 0 radical (unpaired) electrons. The molecule has 1 N–H and O–H groups in total. The van der Waals surface area contributed by atoms with E-state index >= 15 is 0 Å². The molecule has 1 aromatic rings. The molecule has 2 rings (SSSR count). The predicted molar refractivity (Wildman–Crippen MR) is 71.7 cm³/mol. The van der Waals surface area contributed by atoms with Crippen molar-refractivity contribution in [1.29, 1.82) is 0 Å². The topological polar surface area (TPSA) is 40.5 Å². The Morgan fingerprint density at radius 1 is 1.53 bits per heavy atom. The summed E-state index contributed by atoms with van der Waals surface area (Å²) >= 11 is 5.61. The van der Waals surface area contributed by atoms with Crippen LogP contribution < -0.4 is 0 Å². The average Bonchev–Trinajstić information content (AvgIpc) is 2.41. The van der Waals surface area contributed by atoms with E-state index in [4.69, 9.17) is 11.6 Å². The molecule has 1 aliphatic heterocycles. The van der Waals surface area contributed by atoms with Crippen LogP contribution in [-0.4, -0.2) is 35.1 Å². The van der Waals surface area contributed by atoms with Gasteiger partial charge in [-0.15, -0.1) is 0 Å². The molecule has 1 amide bonds. The summed E-state index contributed by atoms with van der Waals surface area (Å²) in [7, 11) is 0. The molecule has 0 aromatic heterocycles. The highest BCUT2D eigenvalue weighted by Gasteiger charge is 2.29. The van der Waals surface area contributed by atoms with Gasteiger partial charge in [-0.25, -0.2) is 4.39 Å². The zero-order valence-electron chi connectivity index (χ0n) is 10.8. The maximum atomic E-state index is 13.4. The first-order valence-corrected chi connectivity index (χ1v) is 6.77. The third-order valence-corrected chi connectivity index (χ3v) is 3.97. The molecule has 5 heteroatoms. The Balaban J connectivity index is 2.19. The van der Waals surface area contributed by atoms with Crippen molar-refractivity contribution < 1.29 is 14.3 Å². The van der Waals surface area contributed by atoms with Crippen LogP contribution >= 0.6 is 11.6 Å². The molecule has 1 fully saturated rings. The van der Waals surface area contributed by atoms with Crippen LogP contribution in [0.15, 0.2) is 18.2 Å². The molecule has 0 saturated carbocycles. The van der Waals surface area contributed by atoms with E-state index in [0.29, 0.717) is 12.1 Å². The lowest BCUT2D eigenvalue weighted by molar-refractivity contribution is 0.0488. The normalized spacial score (nSPS) is 23.5. The molecular formula is C14H17ClFNO2. The number of halogens is 2. The molecule has 3 nitrogen and oxygen atoms in total. The highest BCUT2D eigenvalue weighted by atomic mass is 35.5. The van der Waals surface area contributed by atoms with Gasteiger partial charge in [-0.05, 0) is 43.9 Å². The fourth-order valence-corrected chi connectivity index (χ4v) is 2.53. The quantitative estimate of drug-likeness (QED) is 0.908. The number of carbonyl (C=O) groups excluding carboxylic acids is 1. The predicted octanol–water partition coefficient (Wildman–Crippen LogP) is 2.71. The van der Waals surface area contributed by atoms with Crippen molar-refractivity contribution in [2.45, 2.75) is 25.8 Å². The third kappa shape index (κ3) is 3.07. The molecule has 104 valence electrons. The number of hydrogen-bond acceptors (Lipinski definition) is 2. The minimum atomic E-state index is -0.587. The first-order chi connectivity index (χ1) is 9.02. The van der Waals surface area contributed by atoms with Gasteiger partial charge in [0.05, 0.1) is 5.02 Å². The second-order valence-corrected chi connectivity index (χ2v) is 5.47. The Labute approximate surface area is 117 Å². The lowest BCUT2D eigenvalue weighted by Crippen LogP contribution is -2.46. The summed E-state index contributed by atoms with van der Waals surface area (Å²) in [5.41, 5.74) is 0.298. The van der Waals surface area contributed by atoms with Gasteiger partial charge in [-0.2, -0.15) is 0 Å². The van der Waals surface area contributed by atoms with Gasteiger partial charge >= 0.3 is 0 Å².